The van der Waals surface area contributed by atoms with Gasteiger partial charge in [0.05, 0.1) is 16.6 Å². The summed E-state index contributed by atoms with van der Waals surface area (Å²) in [5.41, 5.74) is 2.47. The highest BCUT2D eigenvalue weighted by Crippen LogP contribution is 2.28. The van der Waals surface area contributed by atoms with Crippen LogP contribution in [0.1, 0.15) is 24.2 Å². The first-order valence-electron chi connectivity index (χ1n) is 12.6. The second kappa shape index (κ2) is 12.0. The number of hydrogen-bond acceptors (Lipinski definition) is 6. The summed E-state index contributed by atoms with van der Waals surface area (Å²) in [4.78, 5) is 15.2. The van der Waals surface area contributed by atoms with Crippen molar-refractivity contribution in [3.05, 3.63) is 78.4 Å². The zero-order valence-electron chi connectivity index (χ0n) is 22.2. The van der Waals surface area contributed by atoms with Crippen molar-refractivity contribution in [3.63, 3.8) is 0 Å². The van der Waals surface area contributed by atoms with Gasteiger partial charge >= 0.3 is 0 Å². The Labute approximate surface area is 225 Å². The minimum atomic E-state index is -3.88. The van der Waals surface area contributed by atoms with E-state index in [1.807, 2.05) is 37.3 Å². The van der Waals surface area contributed by atoms with Crippen LogP contribution in [-0.2, 0) is 14.8 Å². The highest BCUT2D eigenvalue weighted by atomic mass is 32.2. The van der Waals surface area contributed by atoms with E-state index in [1.165, 1.54) is 6.07 Å². The lowest BCUT2D eigenvalue weighted by Gasteiger charge is -2.30. The van der Waals surface area contributed by atoms with Crippen molar-refractivity contribution in [2.75, 3.05) is 38.6 Å². The Hall–Kier alpha value is -3.40. The van der Waals surface area contributed by atoms with Crippen molar-refractivity contribution in [2.45, 2.75) is 30.9 Å². The van der Waals surface area contributed by atoms with Crippen molar-refractivity contribution >= 4 is 21.6 Å². The molecule has 0 saturated carbocycles. The zero-order chi connectivity index (χ0) is 27.3. The minimum absolute atomic E-state index is 0.0482. The number of anilines is 1. The number of rotatable bonds is 5. The Morgan fingerprint density at radius 2 is 1.68 bits per heavy atom. The average Bonchev–Trinajstić information content (AvgIpc) is 2.93. The van der Waals surface area contributed by atoms with Gasteiger partial charge in [0.15, 0.2) is 0 Å². The number of ether oxygens (including phenoxy) is 2. The molecule has 3 atom stereocenters. The predicted octanol–water partition coefficient (Wildman–Crippen LogP) is 4.25. The highest BCUT2D eigenvalue weighted by Gasteiger charge is 2.26. The Morgan fingerprint density at radius 1 is 1.00 bits per heavy atom. The third kappa shape index (κ3) is 6.53. The van der Waals surface area contributed by atoms with E-state index in [0.717, 1.165) is 17.7 Å². The molecule has 1 amide bonds. The summed E-state index contributed by atoms with van der Waals surface area (Å²) in [5.74, 6) is 0.292. The zero-order valence-corrected chi connectivity index (χ0v) is 23.0. The van der Waals surface area contributed by atoms with Crippen LogP contribution < -0.4 is 14.8 Å². The van der Waals surface area contributed by atoms with Crippen LogP contribution in [0.2, 0.25) is 0 Å². The van der Waals surface area contributed by atoms with Gasteiger partial charge in [-0.2, -0.15) is 0 Å². The van der Waals surface area contributed by atoms with Crippen molar-refractivity contribution in [1.29, 1.82) is 0 Å². The molecule has 2 N–H and O–H groups in total. The number of methoxy groups -OCH3 is 1. The summed E-state index contributed by atoms with van der Waals surface area (Å²) < 4.78 is 40.6. The molecule has 0 fully saturated rings. The van der Waals surface area contributed by atoms with E-state index in [1.54, 1.807) is 55.5 Å². The van der Waals surface area contributed by atoms with E-state index >= 15 is 0 Å². The quantitative estimate of drug-likeness (QED) is 0.505. The standard InChI is InChI=1S/C29H35N3O5S/c1-20-17-30-21(2)19-37-27-15-12-24(16-26(27)29(33)32(3)18-28(20)36-4)31-38(34,35)25-13-10-23(11-14-25)22-8-6-5-7-9-22/h5-16,20-21,28,30-31H,17-19H2,1-4H3/t20-,21+,28-/m1/s1. The molecule has 1 aliphatic heterocycles. The molecule has 0 unspecified atom stereocenters. The van der Waals surface area contributed by atoms with Crippen LogP contribution in [0.4, 0.5) is 5.69 Å². The molecule has 9 heteroatoms. The number of benzene rings is 3. The van der Waals surface area contributed by atoms with E-state index in [2.05, 4.69) is 17.0 Å². The van der Waals surface area contributed by atoms with Crippen LogP contribution >= 0.6 is 0 Å². The van der Waals surface area contributed by atoms with Crippen molar-refractivity contribution in [2.24, 2.45) is 5.92 Å². The normalized spacial score (nSPS) is 21.0. The minimum Gasteiger partial charge on any atom is -0.491 e. The number of amides is 1. The molecule has 3 aromatic carbocycles. The first-order chi connectivity index (χ1) is 18.2. The first kappa shape index (κ1) is 27.6. The van der Waals surface area contributed by atoms with Gasteiger partial charge in [0, 0.05) is 39.0 Å². The van der Waals surface area contributed by atoms with Gasteiger partial charge in [-0.1, -0.05) is 49.4 Å². The smallest absolute Gasteiger partial charge is 0.261 e. The van der Waals surface area contributed by atoms with E-state index < -0.39 is 10.0 Å². The van der Waals surface area contributed by atoms with Crippen LogP contribution in [0.5, 0.6) is 5.75 Å². The first-order valence-corrected chi connectivity index (χ1v) is 14.1. The third-order valence-electron chi connectivity index (χ3n) is 6.75. The Balaban J connectivity index is 1.60. The number of sulfonamides is 1. The highest BCUT2D eigenvalue weighted by molar-refractivity contribution is 7.92. The largest absolute Gasteiger partial charge is 0.491 e. The number of carbonyl (C=O) groups is 1. The van der Waals surface area contributed by atoms with E-state index in [4.69, 9.17) is 9.47 Å². The molecular formula is C29H35N3O5S. The molecule has 0 spiro atoms. The lowest BCUT2D eigenvalue weighted by atomic mass is 10.0. The Morgan fingerprint density at radius 3 is 2.37 bits per heavy atom. The van der Waals surface area contributed by atoms with E-state index in [-0.39, 0.29) is 40.1 Å². The summed E-state index contributed by atoms with van der Waals surface area (Å²) in [6, 6.07) is 21.2. The predicted molar refractivity (Wildman–Crippen MR) is 149 cm³/mol. The average molecular weight is 538 g/mol. The molecule has 0 saturated heterocycles. The van der Waals surface area contributed by atoms with Gasteiger partial charge < -0.3 is 19.7 Å². The molecule has 0 aromatic heterocycles. The van der Waals surface area contributed by atoms with Crippen molar-refractivity contribution in [3.8, 4) is 16.9 Å². The van der Waals surface area contributed by atoms with Gasteiger partial charge in [-0.25, -0.2) is 8.42 Å². The molecule has 202 valence electrons. The fraction of sp³-hybridized carbons (Fsp3) is 0.345. The summed E-state index contributed by atoms with van der Waals surface area (Å²) in [5, 5.41) is 3.45. The molecular weight excluding hydrogens is 502 g/mol. The monoisotopic (exact) mass is 537 g/mol. The topological polar surface area (TPSA) is 97.0 Å². The van der Waals surface area contributed by atoms with E-state index in [9.17, 15) is 13.2 Å². The number of nitrogens with one attached hydrogen (secondary N) is 2. The number of hydrogen-bond donors (Lipinski definition) is 2. The number of fused-ring (bicyclic) bond motifs is 1. The van der Waals surface area contributed by atoms with Gasteiger partial charge in [0.1, 0.15) is 12.4 Å². The number of carbonyl (C=O) groups excluding carboxylic acids is 1. The summed E-state index contributed by atoms with van der Waals surface area (Å²) in [6.07, 6.45) is -0.159. The summed E-state index contributed by atoms with van der Waals surface area (Å²) in [7, 11) is -0.534. The molecule has 1 heterocycles. The fourth-order valence-electron chi connectivity index (χ4n) is 4.40. The second-order valence-corrected chi connectivity index (χ2v) is 11.4. The number of likely N-dealkylation sites (N-methyl/N-ethyl adjacent to an activating group) is 1. The maximum Gasteiger partial charge on any atom is 0.261 e. The maximum absolute atomic E-state index is 13.5. The lowest BCUT2D eigenvalue weighted by molar-refractivity contribution is 0.0281. The van der Waals surface area contributed by atoms with Gasteiger partial charge in [0.2, 0.25) is 0 Å². The van der Waals surface area contributed by atoms with Crippen LogP contribution in [-0.4, -0.2) is 65.2 Å². The van der Waals surface area contributed by atoms with Crippen molar-refractivity contribution in [1.82, 2.24) is 10.2 Å². The van der Waals surface area contributed by atoms with Crippen LogP contribution in [0, 0.1) is 5.92 Å². The molecule has 4 rings (SSSR count). The van der Waals surface area contributed by atoms with Crippen LogP contribution in [0.3, 0.4) is 0 Å². The number of nitrogens with zero attached hydrogens (tertiary/aromatic N) is 1. The van der Waals surface area contributed by atoms with Gasteiger partial charge in [-0.15, -0.1) is 0 Å². The van der Waals surface area contributed by atoms with E-state index in [0.29, 0.717) is 18.9 Å². The Kier molecular flexibility index (Phi) is 8.71. The fourth-order valence-corrected chi connectivity index (χ4v) is 5.44. The molecule has 8 nitrogen and oxygen atoms in total. The maximum atomic E-state index is 13.5. The van der Waals surface area contributed by atoms with Crippen molar-refractivity contribution < 1.29 is 22.7 Å². The van der Waals surface area contributed by atoms with Gasteiger partial charge in [0.25, 0.3) is 15.9 Å². The van der Waals surface area contributed by atoms with Crippen LogP contribution in [0.25, 0.3) is 11.1 Å². The molecule has 3 aromatic rings. The molecule has 38 heavy (non-hydrogen) atoms. The summed E-state index contributed by atoms with van der Waals surface area (Å²) in [6.45, 7) is 5.55. The van der Waals surface area contributed by atoms with Crippen LogP contribution in [0.15, 0.2) is 77.7 Å². The lowest BCUT2D eigenvalue weighted by Crippen LogP contribution is -2.44. The second-order valence-electron chi connectivity index (χ2n) is 9.76. The molecule has 0 bridgehead atoms. The molecule has 0 aliphatic carbocycles. The van der Waals surface area contributed by atoms with Gasteiger partial charge in [-0.3, -0.25) is 9.52 Å². The molecule has 0 radical (unpaired) electrons. The third-order valence-corrected chi connectivity index (χ3v) is 8.15. The Bertz CT molecular complexity index is 1350. The SMILES string of the molecule is CO[C@@H]1CN(C)C(=O)c2cc(NS(=O)(=O)c3ccc(-c4ccccc4)cc3)ccc2OC[C@H](C)NC[C@H]1C. The molecule has 1 aliphatic rings. The summed E-state index contributed by atoms with van der Waals surface area (Å²) >= 11 is 0. The van der Waals surface area contributed by atoms with Gasteiger partial charge in [-0.05, 0) is 54.3 Å².